The van der Waals surface area contributed by atoms with E-state index in [4.69, 9.17) is 4.74 Å². The van der Waals surface area contributed by atoms with Crippen molar-refractivity contribution in [1.29, 1.82) is 0 Å². The molecule has 0 bridgehead atoms. The van der Waals surface area contributed by atoms with E-state index >= 15 is 0 Å². The van der Waals surface area contributed by atoms with Crippen LogP contribution in [-0.4, -0.2) is 32.1 Å². The van der Waals surface area contributed by atoms with Gasteiger partial charge >= 0.3 is 0 Å². The fourth-order valence-corrected chi connectivity index (χ4v) is 3.45. The predicted octanol–water partition coefficient (Wildman–Crippen LogP) is 1.63. The van der Waals surface area contributed by atoms with Crippen LogP contribution in [0.15, 0.2) is 54.6 Å². The standard InChI is InChI=1S/C24H35N3O2/c1-29-23-15-11-20(12-16-23)10-14-21(13-9-19-6-3-2-4-7-19)24(28)27-18-22(26)8-5-17-25/h2-4,6-7,11-12,15-16,21-22H,5,8-10,13-14,17-18,25-26H2,1H3,(H,27,28)/p+2/t21?,22-/m0/s1. The van der Waals surface area contributed by atoms with Gasteiger partial charge in [-0.3, -0.25) is 4.79 Å². The molecule has 0 fully saturated rings. The zero-order valence-corrected chi connectivity index (χ0v) is 17.7. The number of carbonyl (C=O) groups is 1. The molecule has 0 saturated carbocycles. The van der Waals surface area contributed by atoms with Crippen LogP contribution in [0.1, 0.15) is 36.8 Å². The molecule has 2 aromatic rings. The molecule has 7 N–H and O–H groups in total. The second-order valence-corrected chi connectivity index (χ2v) is 7.71. The largest absolute Gasteiger partial charge is 0.497 e. The van der Waals surface area contributed by atoms with E-state index in [1.165, 1.54) is 11.1 Å². The Morgan fingerprint density at radius 1 is 0.966 bits per heavy atom. The van der Waals surface area contributed by atoms with Crippen molar-refractivity contribution in [1.82, 2.24) is 5.32 Å². The number of methoxy groups -OCH3 is 1. The minimum atomic E-state index is -0.00245. The lowest BCUT2D eigenvalue weighted by molar-refractivity contribution is -0.423. The van der Waals surface area contributed by atoms with Gasteiger partial charge in [0.2, 0.25) is 5.91 Å². The Morgan fingerprint density at radius 3 is 2.17 bits per heavy atom. The molecular weight excluding hydrogens is 362 g/mol. The highest BCUT2D eigenvalue weighted by molar-refractivity contribution is 5.78. The summed E-state index contributed by atoms with van der Waals surface area (Å²) in [7, 11) is 1.67. The van der Waals surface area contributed by atoms with E-state index < -0.39 is 0 Å². The summed E-state index contributed by atoms with van der Waals surface area (Å²) in [6.07, 6.45) is 5.55. The van der Waals surface area contributed by atoms with Gasteiger partial charge in [0.25, 0.3) is 0 Å². The third-order valence-corrected chi connectivity index (χ3v) is 5.36. The van der Waals surface area contributed by atoms with E-state index in [0.29, 0.717) is 6.54 Å². The van der Waals surface area contributed by atoms with Crippen LogP contribution >= 0.6 is 0 Å². The number of quaternary nitrogens is 2. The van der Waals surface area contributed by atoms with Crippen LogP contribution in [0.2, 0.25) is 0 Å². The van der Waals surface area contributed by atoms with Crippen molar-refractivity contribution in [3.8, 4) is 5.75 Å². The number of hydrogen-bond acceptors (Lipinski definition) is 2. The minimum Gasteiger partial charge on any atom is -0.497 e. The van der Waals surface area contributed by atoms with Crippen LogP contribution in [0.5, 0.6) is 5.75 Å². The van der Waals surface area contributed by atoms with Gasteiger partial charge in [0.05, 0.1) is 20.2 Å². The second kappa shape index (κ2) is 13.0. The van der Waals surface area contributed by atoms with Gasteiger partial charge in [-0.15, -0.1) is 0 Å². The topological polar surface area (TPSA) is 93.6 Å². The number of hydrogen-bond donors (Lipinski definition) is 3. The van der Waals surface area contributed by atoms with Crippen molar-refractivity contribution in [2.24, 2.45) is 5.92 Å². The first-order valence-electron chi connectivity index (χ1n) is 10.7. The highest BCUT2D eigenvalue weighted by Gasteiger charge is 2.19. The summed E-state index contributed by atoms with van der Waals surface area (Å²) >= 11 is 0. The van der Waals surface area contributed by atoms with Crippen molar-refractivity contribution >= 4 is 5.91 Å². The van der Waals surface area contributed by atoms with Crippen LogP contribution in [0.25, 0.3) is 0 Å². The summed E-state index contributed by atoms with van der Waals surface area (Å²) < 4.78 is 5.23. The van der Waals surface area contributed by atoms with E-state index in [-0.39, 0.29) is 17.9 Å². The molecule has 2 rings (SSSR count). The molecule has 0 spiro atoms. The SMILES string of the molecule is COc1ccc(CCC(CCc2ccccc2)C(=O)NC[C@@H]([NH3+])CCC[NH3+])cc1. The van der Waals surface area contributed by atoms with E-state index in [0.717, 1.165) is 50.8 Å². The molecule has 0 heterocycles. The van der Waals surface area contributed by atoms with Crippen LogP contribution < -0.4 is 21.5 Å². The molecule has 0 aliphatic carbocycles. The summed E-state index contributed by atoms with van der Waals surface area (Å²) in [6, 6.07) is 18.7. The molecule has 5 nitrogen and oxygen atoms in total. The molecule has 2 atom stereocenters. The van der Waals surface area contributed by atoms with Gasteiger partial charge < -0.3 is 21.5 Å². The van der Waals surface area contributed by atoms with Crippen LogP contribution in [0, 0.1) is 5.92 Å². The molecule has 0 aromatic heterocycles. The van der Waals surface area contributed by atoms with E-state index in [2.05, 4.69) is 53.2 Å². The molecule has 5 heteroatoms. The minimum absolute atomic E-state index is 0.00245. The van der Waals surface area contributed by atoms with Gasteiger partial charge in [0.15, 0.2) is 0 Å². The molecule has 0 radical (unpaired) electrons. The number of carbonyl (C=O) groups excluding carboxylic acids is 1. The Labute approximate surface area is 174 Å². The lowest BCUT2D eigenvalue weighted by Crippen LogP contribution is -2.65. The Morgan fingerprint density at radius 2 is 1.59 bits per heavy atom. The highest BCUT2D eigenvalue weighted by atomic mass is 16.5. The first kappa shape index (κ1) is 22.9. The quantitative estimate of drug-likeness (QED) is 0.477. The molecule has 1 unspecified atom stereocenters. The Hall–Kier alpha value is -2.37. The Kier molecular flexibility index (Phi) is 10.2. The molecular formula is C24H37N3O2+2. The number of amides is 1. The average molecular weight is 400 g/mol. The predicted molar refractivity (Wildman–Crippen MR) is 116 cm³/mol. The van der Waals surface area contributed by atoms with Crippen molar-refractivity contribution in [3.63, 3.8) is 0 Å². The average Bonchev–Trinajstić information content (AvgIpc) is 2.77. The van der Waals surface area contributed by atoms with E-state index in [1.54, 1.807) is 7.11 Å². The zero-order valence-electron chi connectivity index (χ0n) is 17.7. The molecule has 0 aliphatic rings. The number of nitrogens with one attached hydrogen (secondary N) is 1. The highest BCUT2D eigenvalue weighted by Crippen LogP contribution is 2.19. The van der Waals surface area contributed by atoms with Crippen molar-refractivity contribution in [3.05, 3.63) is 65.7 Å². The zero-order chi connectivity index (χ0) is 20.9. The molecule has 158 valence electrons. The molecule has 2 aromatic carbocycles. The number of ether oxygens (including phenoxy) is 1. The monoisotopic (exact) mass is 399 g/mol. The maximum absolute atomic E-state index is 12.9. The van der Waals surface area contributed by atoms with Gasteiger partial charge in [0, 0.05) is 18.8 Å². The summed E-state index contributed by atoms with van der Waals surface area (Å²) in [5.41, 5.74) is 10.5. The third kappa shape index (κ3) is 8.67. The Balaban J connectivity index is 1.92. The molecule has 1 amide bonds. The van der Waals surface area contributed by atoms with Gasteiger partial charge in [-0.1, -0.05) is 42.5 Å². The Bertz CT molecular complexity index is 704. The van der Waals surface area contributed by atoms with Gasteiger partial charge in [-0.05, 0) is 48.9 Å². The van der Waals surface area contributed by atoms with Gasteiger partial charge in [-0.25, -0.2) is 0 Å². The van der Waals surface area contributed by atoms with Crippen LogP contribution in [0.3, 0.4) is 0 Å². The lowest BCUT2D eigenvalue weighted by Gasteiger charge is -2.18. The number of benzene rings is 2. The van der Waals surface area contributed by atoms with Gasteiger partial charge in [0.1, 0.15) is 11.8 Å². The fraction of sp³-hybridized carbons (Fsp3) is 0.458. The number of rotatable bonds is 13. The molecule has 0 saturated heterocycles. The van der Waals surface area contributed by atoms with E-state index in [1.807, 2.05) is 18.2 Å². The third-order valence-electron chi connectivity index (χ3n) is 5.36. The first-order chi connectivity index (χ1) is 14.1. The lowest BCUT2D eigenvalue weighted by atomic mass is 9.92. The van der Waals surface area contributed by atoms with Crippen molar-refractivity contribution < 1.29 is 21.0 Å². The van der Waals surface area contributed by atoms with Crippen LogP contribution in [0.4, 0.5) is 0 Å². The maximum Gasteiger partial charge on any atom is 0.223 e. The van der Waals surface area contributed by atoms with Crippen molar-refractivity contribution in [2.45, 2.75) is 44.6 Å². The summed E-state index contributed by atoms with van der Waals surface area (Å²) in [5.74, 6) is 1.01. The fourth-order valence-electron chi connectivity index (χ4n) is 3.45. The maximum atomic E-state index is 12.9. The van der Waals surface area contributed by atoms with Crippen molar-refractivity contribution in [2.75, 3.05) is 20.2 Å². The van der Waals surface area contributed by atoms with Crippen LogP contribution in [-0.2, 0) is 17.6 Å². The molecule has 29 heavy (non-hydrogen) atoms. The summed E-state index contributed by atoms with van der Waals surface area (Å²) in [5, 5.41) is 3.14. The number of aryl methyl sites for hydroxylation is 2. The van der Waals surface area contributed by atoms with E-state index in [9.17, 15) is 4.79 Å². The second-order valence-electron chi connectivity index (χ2n) is 7.71. The normalized spacial score (nSPS) is 12.9. The summed E-state index contributed by atoms with van der Waals surface area (Å²) in [4.78, 5) is 12.9. The first-order valence-corrected chi connectivity index (χ1v) is 10.7. The smallest absolute Gasteiger partial charge is 0.223 e. The summed E-state index contributed by atoms with van der Waals surface area (Å²) in [6.45, 7) is 1.56. The molecule has 0 aliphatic heterocycles. The van der Waals surface area contributed by atoms with Gasteiger partial charge in [-0.2, -0.15) is 0 Å².